The molecule has 0 aliphatic carbocycles. The maximum atomic E-state index is 6.43. The Balaban J connectivity index is 1.92. The average Bonchev–Trinajstić information content (AvgIpc) is 3.10. The van der Waals surface area contributed by atoms with Crippen molar-refractivity contribution in [2.24, 2.45) is 0 Å². The number of hydrogen-bond acceptors (Lipinski definition) is 7. The quantitative estimate of drug-likeness (QED) is 0.265. The topological polar surface area (TPSA) is 101 Å². The lowest BCUT2D eigenvalue weighted by Gasteiger charge is -2.13. The average molecular weight is 602 g/mol. The maximum absolute atomic E-state index is 6.43. The summed E-state index contributed by atoms with van der Waals surface area (Å²) < 4.78 is 14.1. The molecule has 0 bridgehead atoms. The lowest BCUT2D eigenvalue weighted by molar-refractivity contribution is 0.339. The SMILES string of the molecule is COc1nc(Cn2nc(-c3ccccc3)c3c(Cl)nc(N)nc32)c(Br)c(I)c1OC. The zero-order valence-electron chi connectivity index (χ0n) is 15.9. The lowest BCUT2D eigenvalue weighted by Crippen LogP contribution is -2.09. The van der Waals surface area contributed by atoms with Gasteiger partial charge in [0.05, 0.1) is 39.9 Å². The van der Waals surface area contributed by atoms with Gasteiger partial charge >= 0.3 is 0 Å². The summed E-state index contributed by atoms with van der Waals surface area (Å²) in [5, 5.41) is 5.64. The van der Waals surface area contributed by atoms with E-state index in [4.69, 9.17) is 31.9 Å². The van der Waals surface area contributed by atoms with E-state index in [0.29, 0.717) is 40.6 Å². The van der Waals surface area contributed by atoms with Crippen LogP contribution in [0, 0.1) is 3.57 Å². The molecule has 30 heavy (non-hydrogen) atoms. The third-order valence-corrected chi connectivity index (χ3v) is 7.28. The summed E-state index contributed by atoms with van der Waals surface area (Å²) >= 11 is 12.2. The van der Waals surface area contributed by atoms with Crippen LogP contribution in [-0.2, 0) is 6.54 Å². The van der Waals surface area contributed by atoms with E-state index in [-0.39, 0.29) is 11.1 Å². The highest BCUT2D eigenvalue weighted by Gasteiger charge is 2.22. The second-order valence-corrected chi connectivity index (χ2v) is 8.40. The van der Waals surface area contributed by atoms with Gasteiger partial charge < -0.3 is 15.2 Å². The summed E-state index contributed by atoms with van der Waals surface area (Å²) in [5.41, 5.74) is 8.63. The number of hydrogen-bond donors (Lipinski definition) is 1. The Hall–Kier alpha value is -2.18. The van der Waals surface area contributed by atoms with Gasteiger partial charge in [-0.2, -0.15) is 10.1 Å². The highest BCUT2D eigenvalue weighted by atomic mass is 127. The standard InChI is InChI=1S/C19H15BrClIN6O2/c1-29-15-13(22)12(20)10(24-18(15)30-2)8-28-17-11(16(21)25-19(23)26-17)14(27-28)9-6-4-3-5-7-9/h3-7H,8H2,1-2H3,(H2,23,25,26). The minimum absolute atomic E-state index is 0.0715. The van der Waals surface area contributed by atoms with Crippen LogP contribution >= 0.6 is 50.1 Å². The predicted octanol–water partition coefficient (Wildman–Crippen LogP) is 4.56. The van der Waals surface area contributed by atoms with Gasteiger partial charge in [0, 0.05) is 5.56 Å². The number of nitrogen functional groups attached to an aromatic ring is 1. The van der Waals surface area contributed by atoms with E-state index in [1.54, 1.807) is 18.9 Å². The van der Waals surface area contributed by atoms with Crippen LogP contribution in [0.1, 0.15) is 5.69 Å². The van der Waals surface area contributed by atoms with Gasteiger partial charge in [-0.3, -0.25) is 0 Å². The molecule has 3 aromatic heterocycles. The molecule has 0 saturated heterocycles. The predicted molar refractivity (Wildman–Crippen MR) is 127 cm³/mol. The van der Waals surface area contributed by atoms with Crippen LogP contribution in [0.3, 0.4) is 0 Å². The van der Waals surface area contributed by atoms with E-state index in [1.165, 1.54) is 0 Å². The second kappa shape index (κ2) is 8.52. The fourth-order valence-corrected chi connectivity index (χ4v) is 4.48. The molecule has 3 heterocycles. The van der Waals surface area contributed by atoms with Gasteiger partial charge in [0.15, 0.2) is 11.4 Å². The van der Waals surface area contributed by atoms with Crippen molar-refractivity contribution in [1.82, 2.24) is 24.7 Å². The Morgan fingerprint density at radius 3 is 2.53 bits per heavy atom. The third kappa shape index (κ3) is 3.67. The Bertz CT molecular complexity index is 1250. The molecule has 0 radical (unpaired) electrons. The van der Waals surface area contributed by atoms with Crippen molar-refractivity contribution in [1.29, 1.82) is 0 Å². The number of nitrogens with two attached hydrogens (primary N) is 1. The molecular formula is C19H15BrClIN6O2. The highest BCUT2D eigenvalue weighted by molar-refractivity contribution is 14.1. The minimum atomic E-state index is 0.0715. The number of aromatic nitrogens is 5. The summed E-state index contributed by atoms with van der Waals surface area (Å²) in [7, 11) is 3.12. The smallest absolute Gasteiger partial charge is 0.258 e. The molecule has 0 spiro atoms. The highest BCUT2D eigenvalue weighted by Crippen LogP contribution is 2.38. The van der Waals surface area contributed by atoms with Crippen molar-refractivity contribution in [2.75, 3.05) is 20.0 Å². The summed E-state index contributed by atoms with van der Waals surface area (Å²) in [4.78, 5) is 13.1. The number of pyridine rings is 1. The summed E-state index contributed by atoms with van der Waals surface area (Å²) in [5.74, 6) is 1.01. The van der Waals surface area contributed by atoms with Crippen molar-refractivity contribution in [3.05, 3.63) is 49.2 Å². The van der Waals surface area contributed by atoms with E-state index in [2.05, 4.69) is 53.5 Å². The number of methoxy groups -OCH3 is 2. The Morgan fingerprint density at radius 2 is 1.87 bits per heavy atom. The molecule has 8 nitrogen and oxygen atoms in total. The minimum Gasteiger partial charge on any atom is -0.490 e. The van der Waals surface area contributed by atoms with E-state index < -0.39 is 0 Å². The van der Waals surface area contributed by atoms with Crippen LogP contribution in [0.25, 0.3) is 22.3 Å². The molecule has 4 rings (SSSR count). The second-order valence-electron chi connectivity index (χ2n) is 6.17. The molecule has 0 unspecified atom stereocenters. The molecule has 2 N–H and O–H groups in total. The number of nitrogens with zero attached hydrogens (tertiary/aromatic N) is 5. The molecule has 0 atom stereocenters. The van der Waals surface area contributed by atoms with Crippen LogP contribution in [0.15, 0.2) is 34.8 Å². The van der Waals surface area contributed by atoms with E-state index in [9.17, 15) is 0 Å². The Labute approximate surface area is 199 Å². The van der Waals surface area contributed by atoms with Crippen molar-refractivity contribution in [3.63, 3.8) is 0 Å². The van der Waals surface area contributed by atoms with Crippen molar-refractivity contribution >= 4 is 67.1 Å². The number of anilines is 1. The van der Waals surface area contributed by atoms with E-state index in [1.807, 2.05) is 30.3 Å². The Kier molecular flexibility index (Phi) is 5.98. The van der Waals surface area contributed by atoms with E-state index >= 15 is 0 Å². The van der Waals surface area contributed by atoms with Gasteiger partial charge in [-0.05, 0) is 38.5 Å². The van der Waals surface area contributed by atoms with Gasteiger partial charge in [-0.1, -0.05) is 41.9 Å². The van der Waals surface area contributed by atoms with Gasteiger partial charge in [0.1, 0.15) is 10.8 Å². The molecule has 1 aromatic carbocycles. The normalized spacial score (nSPS) is 11.1. The zero-order chi connectivity index (χ0) is 21.4. The van der Waals surface area contributed by atoms with E-state index in [0.717, 1.165) is 13.6 Å². The Morgan fingerprint density at radius 1 is 1.13 bits per heavy atom. The number of rotatable bonds is 5. The first-order valence-electron chi connectivity index (χ1n) is 8.65. The first-order chi connectivity index (χ1) is 14.4. The fourth-order valence-electron chi connectivity index (χ4n) is 3.06. The van der Waals surface area contributed by atoms with Crippen LogP contribution in [0.5, 0.6) is 11.6 Å². The van der Waals surface area contributed by atoms with Gasteiger partial charge in [-0.15, -0.1) is 0 Å². The van der Waals surface area contributed by atoms with Crippen molar-refractivity contribution < 1.29 is 9.47 Å². The molecule has 0 aliphatic heterocycles. The molecule has 154 valence electrons. The van der Waals surface area contributed by atoms with Gasteiger partial charge in [0.25, 0.3) is 5.88 Å². The van der Waals surface area contributed by atoms with Crippen molar-refractivity contribution in [3.8, 4) is 22.9 Å². The van der Waals surface area contributed by atoms with Gasteiger partial charge in [0.2, 0.25) is 5.95 Å². The number of benzene rings is 1. The molecular weight excluding hydrogens is 587 g/mol. The van der Waals surface area contributed by atoms with Crippen LogP contribution < -0.4 is 15.2 Å². The fraction of sp³-hybridized carbons (Fsp3) is 0.158. The number of halogens is 3. The largest absolute Gasteiger partial charge is 0.490 e. The van der Waals surface area contributed by atoms with Gasteiger partial charge in [-0.25, -0.2) is 14.6 Å². The summed E-state index contributed by atoms with van der Waals surface area (Å²) in [6.45, 7) is 0.299. The summed E-state index contributed by atoms with van der Waals surface area (Å²) in [6.07, 6.45) is 0. The zero-order valence-corrected chi connectivity index (χ0v) is 20.4. The number of ether oxygens (including phenoxy) is 2. The van der Waals surface area contributed by atoms with Crippen LogP contribution in [0.2, 0.25) is 5.15 Å². The molecule has 11 heteroatoms. The molecule has 0 saturated carbocycles. The first-order valence-corrected chi connectivity index (χ1v) is 10.9. The molecule has 0 fully saturated rings. The molecule has 0 aliphatic rings. The molecule has 0 amide bonds. The maximum Gasteiger partial charge on any atom is 0.258 e. The van der Waals surface area contributed by atoms with Crippen LogP contribution in [0.4, 0.5) is 5.95 Å². The van der Waals surface area contributed by atoms with Crippen LogP contribution in [-0.4, -0.2) is 39.0 Å². The van der Waals surface area contributed by atoms with Crippen molar-refractivity contribution in [2.45, 2.75) is 6.54 Å². The first kappa shape index (κ1) is 21.1. The third-order valence-electron chi connectivity index (χ3n) is 4.39. The number of fused-ring (bicyclic) bond motifs is 1. The summed E-state index contributed by atoms with van der Waals surface area (Å²) in [6, 6.07) is 9.70. The monoisotopic (exact) mass is 600 g/mol. The lowest BCUT2D eigenvalue weighted by atomic mass is 10.1. The molecule has 4 aromatic rings.